The Labute approximate surface area is 123 Å². The highest BCUT2D eigenvalue weighted by Gasteiger charge is 2.33. The molecular formula is C16H31N3O. The highest BCUT2D eigenvalue weighted by atomic mass is 16.3. The van der Waals surface area contributed by atoms with Crippen molar-refractivity contribution in [2.45, 2.75) is 56.7 Å². The van der Waals surface area contributed by atoms with Gasteiger partial charge in [-0.05, 0) is 39.3 Å². The van der Waals surface area contributed by atoms with Gasteiger partial charge in [-0.15, -0.1) is 0 Å². The van der Waals surface area contributed by atoms with Crippen LogP contribution in [0.2, 0.25) is 0 Å². The normalized spacial score (nSPS) is 39.0. The van der Waals surface area contributed by atoms with Gasteiger partial charge in [0.15, 0.2) is 0 Å². The molecule has 0 radical (unpaired) electrons. The number of likely N-dealkylation sites (N-methyl/N-ethyl adjacent to an activating group) is 1. The summed E-state index contributed by atoms with van der Waals surface area (Å²) in [5.74, 6) is 0. The van der Waals surface area contributed by atoms with Crippen molar-refractivity contribution in [3.05, 3.63) is 0 Å². The molecule has 0 aromatic heterocycles. The number of nitrogens with zero attached hydrogens (tertiary/aromatic N) is 3. The van der Waals surface area contributed by atoms with Crippen LogP contribution in [0.1, 0.15) is 38.5 Å². The first-order chi connectivity index (χ1) is 9.74. The lowest BCUT2D eigenvalue weighted by molar-refractivity contribution is -0.0167. The van der Waals surface area contributed by atoms with Gasteiger partial charge in [0.1, 0.15) is 0 Å². The van der Waals surface area contributed by atoms with Crippen LogP contribution in [0.5, 0.6) is 0 Å². The average molecular weight is 281 g/mol. The van der Waals surface area contributed by atoms with Crippen molar-refractivity contribution in [1.82, 2.24) is 14.7 Å². The molecule has 0 aromatic rings. The molecule has 4 heteroatoms. The van der Waals surface area contributed by atoms with Crippen LogP contribution in [0, 0.1) is 0 Å². The van der Waals surface area contributed by atoms with Crippen molar-refractivity contribution in [2.75, 3.05) is 46.3 Å². The van der Waals surface area contributed by atoms with E-state index in [1.54, 1.807) is 0 Å². The van der Waals surface area contributed by atoms with Gasteiger partial charge in [-0.3, -0.25) is 9.80 Å². The molecule has 1 aliphatic carbocycles. The molecule has 1 saturated carbocycles. The zero-order valence-electron chi connectivity index (χ0n) is 13.0. The first-order valence-corrected chi connectivity index (χ1v) is 8.59. The molecule has 0 aromatic carbocycles. The number of likely N-dealkylation sites (tertiary alicyclic amines) is 1. The predicted molar refractivity (Wildman–Crippen MR) is 81.9 cm³/mol. The Bertz CT molecular complexity index is 304. The summed E-state index contributed by atoms with van der Waals surface area (Å²) >= 11 is 0. The van der Waals surface area contributed by atoms with E-state index in [0.717, 1.165) is 25.6 Å². The van der Waals surface area contributed by atoms with Gasteiger partial charge in [0.05, 0.1) is 6.10 Å². The molecule has 2 heterocycles. The first-order valence-electron chi connectivity index (χ1n) is 8.59. The predicted octanol–water partition coefficient (Wildman–Crippen LogP) is 1.00. The molecule has 3 unspecified atom stereocenters. The van der Waals surface area contributed by atoms with Crippen LogP contribution in [0.4, 0.5) is 0 Å². The van der Waals surface area contributed by atoms with E-state index in [-0.39, 0.29) is 6.10 Å². The minimum Gasteiger partial charge on any atom is -0.391 e. The Kier molecular flexibility index (Phi) is 4.97. The third-order valence-electron chi connectivity index (χ3n) is 5.63. The minimum atomic E-state index is -0.0730. The van der Waals surface area contributed by atoms with Crippen molar-refractivity contribution >= 4 is 0 Å². The molecule has 4 nitrogen and oxygen atoms in total. The average Bonchev–Trinajstić information content (AvgIpc) is 2.48. The van der Waals surface area contributed by atoms with Crippen LogP contribution in [-0.2, 0) is 0 Å². The zero-order chi connectivity index (χ0) is 13.9. The van der Waals surface area contributed by atoms with E-state index >= 15 is 0 Å². The quantitative estimate of drug-likeness (QED) is 0.818. The van der Waals surface area contributed by atoms with E-state index in [1.165, 1.54) is 58.3 Å². The van der Waals surface area contributed by atoms with Gasteiger partial charge in [-0.25, -0.2) is 0 Å². The third kappa shape index (κ3) is 3.35. The molecule has 2 aliphatic heterocycles. The molecule has 20 heavy (non-hydrogen) atoms. The standard InChI is InChI=1S/C16H31N3O/c1-17-8-4-5-14(13-17)18-9-11-19(12-10-18)15-6-2-3-7-16(15)20/h14-16,20H,2-13H2,1H3. The van der Waals surface area contributed by atoms with Crippen molar-refractivity contribution in [1.29, 1.82) is 0 Å². The van der Waals surface area contributed by atoms with Gasteiger partial charge in [-0.2, -0.15) is 0 Å². The number of aliphatic hydroxyl groups is 1. The smallest absolute Gasteiger partial charge is 0.0695 e. The third-order valence-corrected chi connectivity index (χ3v) is 5.63. The molecule has 1 N–H and O–H groups in total. The van der Waals surface area contributed by atoms with Crippen LogP contribution in [0.15, 0.2) is 0 Å². The maximum Gasteiger partial charge on any atom is 0.0695 e. The van der Waals surface area contributed by atoms with Crippen LogP contribution >= 0.6 is 0 Å². The maximum atomic E-state index is 10.2. The Hall–Kier alpha value is -0.160. The van der Waals surface area contributed by atoms with E-state index in [2.05, 4.69) is 21.7 Å². The monoisotopic (exact) mass is 281 g/mol. The highest BCUT2D eigenvalue weighted by Crippen LogP contribution is 2.25. The largest absolute Gasteiger partial charge is 0.391 e. The highest BCUT2D eigenvalue weighted by molar-refractivity contribution is 4.89. The van der Waals surface area contributed by atoms with Crippen molar-refractivity contribution in [2.24, 2.45) is 0 Å². The first kappa shape index (κ1) is 14.8. The summed E-state index contributed by atoms with van der Waals surface area (Å²) in [6.07, 6.45) is 7.38. The molecule has 0 spiro atoms. The van der Waals surface area contributed by atoms with Crippen molar-refractivity contribution in [3.8, 4) is 0 Å². The topological polar surface area (TPSA) is 30.0 Å². The molecular weight excluding hydrogens is 250 g/mol. The van der Waals surface area contributed by atoms with Gasteiger partial charge in [0.2, 0.25) is 0 Å². The fourth-order valence-electron chi connectivity index (χ4n) is 4.39. The van der Waals surface area contributed by atoms with Crippen LogP contribution < -0.4 is 0 Å². The second-order valence-corrected chi connectivity index (χ2v) is 7.05. The summed E-state index contributed by atoms with van der Waals surface area (Å²) < 4.78 is 0. The molecule has 3 aliphatic rings. The van der Waals surface area contributed by atoms with Gasteiger partial charge in [0.25, 0.3) is 0 Å². The van der Waals surface area contributed by atoms with Gasteiger partial charge in [0, 0.05) is 44.8 Å². The lowest BCUT2D eigenvalue weighted by Crippen LogP contribution is -2.58. The second-order valence-electron chi connectivity index (χ2n) is 7.05. The Balaban J connectivity index is 1.49. The van der Waals surface area contributed by atoms with E-state index in [0.29, 0.717) is 6.04 Å². The van der Waals surface area contributed by atoms with Gasteiger partial charge in [-0.1, -0.05) is 12.8 Å². The summed E-state index contributed by atoms with van der Waals surface area (Å²) in [5.41, 5.74) is 0. The lowest BCUT2D eigenvalue weighted by Gasteiger charge is -2.46. The maximum absolute atomic E-state index is 10.2. The van der Waals surface area contributed by atoms with E-state index in [1.807, 2.05) is 0 Å². The summed E-state index contributed by atoms with van der Waals surface area (Å²) in [7, 11) is 2.25. The number of aliphatic hydroxyl groups excluding tert-OH is 1. The summed E-state index contributed by atoms with van der Waals surface area (Å²) in [6.45, 7) is 7.21. The van der Waals surface area contributed by atoms with Gasteiger partial charge >= 0.3 is 0 Å². The van der Waals surface area contributed by atoms with Crippen LogP contribution in [0.25, 0.3) is 0 Å². The molecule has 0 amide bonds. The van der Waals surface area contributed by atoms with Crippen LogP contribution in [0.3, 0.4) is 0 Å². The lowest BCUT2D eigenvalue weighted by atomic mass is 9.91. The number of hydrogen-bond donors (Lipinski definition) is 1. The number of rotatable bonds is 2. The fraction of sp³-hybridized carbons (Fsp3) is 1.00. The summed E-state index contributed by atoms with van der Waals surface area (Å²) in [5, 5.41) is 10.2. The minimum absolute atomic E-state index is 0.0730. The number of piperidine rings is 1. The van der Waals surface area contributed by atoms with Crippen LogP contribution in [-0.4, -0.2) is 84.3 Å². The molecule has 2 saturated heterocycles. The van der Waals surface area contributed by atoms with E-state index in [4.69, 9.17) is 0 Å². The fourth-order valence-corrected chi connectivity index (χ4v) is 4.39. The zero-order valence-corrected chi connectivity index (χ0v) is 13.0. The van der Waals surface area contributed by atoms with Crippen molar-refractivity contribution in [3.63, 3.8) is 0 Å². The van der Waals surface area contributed by atoms with E-state index in [9.17, 15) is 5.11 Å². The SMILES string of the molecule is CN1CCCC(N2CCN(C3CCCCC3O)CC2)C1. The molecule has 0 bridgehead atoms. The number of hydrogen-bond acceptors (Lipinski definition) is 4. The Morgan fingerprint density at radius 2 is 1.50 bits per heavy atom. The second kappa shape index (κ2) is 6.73. The van der Waals surface area contributed by atoms with Gasteiger partial charge < -0.3 is 10.0 Å². The molecule has 3 fully saturated rings. The Morgan fingerprint density at radius 3 is 2.20 bits per heavy atom. The van der Waals surface area contributed by atoms with Crippen molar-refractivity contribution < 1.29 is 5.11 Å². The number of piperazine rings is 1. The molecule has 116 valence electrons. The van der Waals surface area contributed by atoms with E-state index < -0.39 is 0 Å². The molecule has 3 atom stereocenters. The summed E-state index contributed by atoms with van der Waals surface area (Å²) in [6, 6.07) is 1.21. The summed E-state index contributed by atoms with van der Waals surface area (Å²) in [4.78, 5) is 7.74. The Morgan fingerprint density at radius 1 is 0.800 bits per heavy atom. The molecule has 3 rings (SSSR count).